The molecule has 0 fully saturated rings. The van der Waals surface area contributed by atoms with E-state index in [0.29, 0.717) is 20.9 Å². The van der Waals surface area contributed by atoms with Gasteiger partial charge >= 0.3 is 0 Å². The molecule has 0 saturated heterocycles. The van der Waals surface area contributed by atoms with Crippen LogP contribution in [0.3, 0.4) is 0 Å². The molecule has 8 heteroatoms. The van der Waals surface area contributed by atoms with E-state index < -0.39 is 0 Å². The van der Waals surface area contributed by atoms with Gasteiger partial charge in [0.25, 0.3) is 5.56 Å². The lowest BCUT2D eigenvalue weighted by Crippen LogP contribution is -2.25. The van der Waals surface area contributed by atoms with Crippen LogP contribution in [-0.2, 0) is 0 Å². The largest absolute Gasteiger partial charge is 0.313 e. The van der Waals surface area contributed by atoms with Crippen LogP contribution >= 0.6 is 22.9 Å². The van der Waals surface area contributed by atoms with Crippen molar-refractivity contribution in [1.82, 2.24) is 14.5 Å². The van der Waals surface area contributed by atoms with Crippen LogP contribution in [-0.4, -0.2) is 21.6 Å². The van der Waals surface area contributed by atoms with E-state index >= 15 is 0 Å². The Kier molecular flexibility index (Phi) is 3.49. The van der Waals surface area contributed by atoms with Gasteiger partial charge in [0.05, 0.1) is 16.8 Å². The normalized spacial score (nSPS) is 11.3. The Morgan fingerprint density at radius 1 is 1.21 bits per heavy atom. The Hall–Kier alpha value is -2.48. The SMILES string of the molecule is CN(N)c1ccnc2sc3c(=O)n(-c4ccc(Cl)cc4)cnc3c12. The van der Waals surface area contributed by atoms with Gasteiger partial charge in [-0.25, -0.2) is 15.8 Å². The maximum Gasteiger partial charge on any atom is 0.275 e. The summed E-state index contributed by atoms with van der Waals surface area (Å²) in [4.78, 5) is 22.5. The molecule has 0 unspecified atom stereocenters. The van der Waals surface area contributed by atoms with E-state index in [-0.39, 0.29) is 5.56 Å². The maximum atomic E-state index is 12.9. The van der Waals surface area contributed by atoms with E-state index in [1.54, 1.807) is 43.6 Å². The number of fused-ring (bicyclic) bond motifs is 3. The van der Waals surface area contributed by atoms with Crippen molar-refractivity contribution >= 4 is 49.1 Å². The summed E-state index contributed by atoms with van der Waals surface area (Å²) in [5.74, 6) is 5.89. The molecule has 0 spiro atoms. The highest BCUT2D eigenvalue weighted by Gasteiger charge is 2.17. The van der Waals surface area contributed by atoms with Crippen molar-refractivity contribution in [3.8, 4) is 5.69 Å². The maximum absolute atomic E-state index is 12.9. The minimum Gasteiger partial charge on any atom is -0.313 e. The quantitative estimate of drug-likeness (QED) is 0.441. The molecule has 4 aromatic rings. The Morgan fingerprint density at radius 3 is 2.67 bits per heavy atom. The summed E-state index contributed by atoms with van der Waals surface area (Å²) in [5.41, 5.74) is 1.96. The molecule has 3 heterocycles. The number of anilines is 1. The van der Waals surface area contributed by atoms with Gasteiger partial charge in [-0.05, 0) is 30.3 Å². The molecule has 0 atom stereocenters. The first kappa shape index (κ1) is 15.1. The number of rotatable bonds is 2. The fraction of sp³-hybridized carbons (Fsp3) is 0.0625. The molecule has 2 N–H and O–H groups in total. The Morgan fingerprint density at radius 2 is 1.96 bits per heavy atom. The number of hydrazine groups is 1. The molecule has 24 heavy (non-hydrogen) atoms. The molecule has 0 bridgehead atoms. The summed E-state index contributed by atoms with van der Waals surface area (Å²) >= 11 is 7.23. The lowest BCUT2D eigenvalue weighted by atomic mass is 10.2. The highest BCUT2D eigenvalue weighted by molar-refractivity contribution is 7.25. The van der Waals surface area contributed by atoms with Crippen LogP contribution in [0.1, 0.15) is 0 Å². The third kappa shape index (κ3) is 2.25. The van der Waals surface area contributed by atoms with Crippen molar-refractivity contribution in [3.63, 3.8) is 0 Å². The van der Waals surface area contributed by atoms with Crippen LogP contribution in [0.4, 0.5) is 5.69 Å². The fourth-order valence-electron chi connectivity index (χ4n) is 2.62. The zero-order valence-corrected chi connectivity index (χ0v) is 14.2. The van der Waals surface area contributed by atoms with Crippen LogP contribution in [0.15, 0.2) is 47.7 Å². The van der Waals surface area contributed by atoms with E-state index in [9.17, 15) is 4.79 Å². The second kappa shape index (κ2) is 5.55. The lowest BCUT2D eigenvalue weighted by molar-refractivity contribution is 0.967. The van der Waals surface area contributed by atoms with Crippen LogP contribution in [0.2, 0.25) is 5.02 Å². The van der Waals surface area contributed by atoms with Gasteiger partial charge in [0.1, 0.15) is 21.4 Å². The number of nitrogens with zero attached hydrogens (tertiary/aromatic N) is 4. The standard InChI is InChI=1S/C16H12ClN5OS/c1-21(18)11-6-7-19-15-12(11)13-14(24-15)16(23)22(8-20-13)10-4-2-9(17)3-5-10/h2-8H,18H2,1H3. The van der Waals surface area contributed by atoms with Crippen molar-refractivity contribution in [2.45, 2.75) is 0 Å². The molecule has 3 aromatic heterocycles. The Balaban J connectivity index is 2.04. The number of thiophene rings is 1. The summed E-state index contributed by atoms with van der Waals surface area (Å²) in [6.07, 6.45) is 3.20. The molecule has 6 nitrogen and oxygen atoms in total. The number of benzene rings is 1. The molecule has 1 aromatic carbocycles. The van der Waals surface area contributed by atoms with E-state index in [2.05, 4.69) is 9.97 Å². The number of hydrogen-bond acceptors (Lipinski definition) is 6. The third-order valence-electron chi connectivity index (χ3n) is 3.74. The minimum absolute atomic E-state index is 0.143. The average Bonchev–Trinajstić information content (AvgIpc) is 2.96. The topological polar surface area (TPSA) is 77.0 Å². The first-order valence-corrected chi connectivity index (χ1v) is 8.29. The smallest absolute Gasteiger partial charge is 0.275 e. The van der Waals surface area contributed by atoms with Crippen LogP contribution < -0.4 is 16.4 Å². The summed E-state index contributed by atoms with van der Waals surface area (Å²) in [6, 6.07) is 8.84. The van der Waals surface area contributed by atoms with Crippen molar-refractivity contribution in [3.05, 3.63) is 58.2 Å². The fourth-order valence-corrected chi connectivity index (χ4v) is 3.79. The number of pyridine rings is 1. The molecule has 0 aliphatic carbocycles. The molecular weight excluding hydrogens is 346 g/mol. The molecule has 4 rings (SSSR count). The molecule has 0 amide bonds. The van der Waals surface area contributed by atoms with Crippen molar-refractivity contribution in [2.24, 2.45) is 5.84 Å². The Labute approximate surface area is 145 Å². The monoisotopic (exact) mass is 357 g/mol. The predicted octanol–water partition coefficient (Wildman–Crippen LogP) is 2.96. The van der Waals surface area contributed by atoms with Gasteiger partial charge in [-0.1, -0.05) is 11.6 Å². The molecule has 0 aliphatic rings. The average molecular weight is 358 g/mol. The van der Waals surface area contributed by atoms with E-state index in [1.165, 1.54) is 27.2 Å². The highest BCUT2D eigenvalue weighted by Crippen LogP contribution is 2.34. The number of hydrogen-bond donors (Lipinski definition) is 1. The summed E-state index contributed by atoms with van der Waals surface area (Å²) in [6.45, 7) is 0. The predicted molar refractivity (Wildman–Crippen MR) is 98.1 cm³/mol. The van der Waals surface area contributed by atoms with Gasteiger partial charge in [-0.15, -0.1) is 11.3 Å². The molecule has 0 radical (unpaired) electrons. The zero-order valence-electron chi connectivity index (χ0n) is 12.6. The molecule has 120 valence electrons. The van der Waals surface area contributed by atoms with Crippen molar-refractivity contribution in [1.29, 1.82) is 0 Å². The van der Waals surface area contributed by atoms with Gasteiger partial charge in [-0.2, -0.15) is 0 Å². The van der Waals surface area contributed by atoms with Crippen molar-refractivity contribution in [2.75, 3.05) is 12.1 Å². The number of nitrogens with two attached hydrogens (primary N) is 1. The van der Waals surface area contributed by atoms with E-state index in [0.717, 1.165) is 15.9 Å². The highest BCUT2D eigenvalue weighted by atomic mass is 35.5. The number of halogens is 1. The Bertz CT molecular complexity index is 1120. The van der Waals surface area contributed by atoms with Gasteiger partial charge in [0.2, 0.25) is 0 Å². The second-order valence-corrected chi connectivity index (χ2v) is 6.73. The van der Waals surface area contributed by atoms with E-state index in [4.69, 9.17) is 17.4 Å². The summed E-state index contributed by atoms with van der Waals surface area (Å²) in [5, 5.41) is 2.91. The van der Waals surface area contributed by atoms with Crippen LogP contribution in [0, 0.1) is 0 Å². The molecule has 0 saturated carbocycles. The van der Waals surface area contributed by atoms with Gasteiger partial charge in [0, 0.05) is 18.3 Å². The van der Waals surface area contributed by atoms with Crippen LogP contribution in [0.5, 0.6) is 0 Å². The van der Waals surface area contributed by atoms with Crippen molar-refractivity contribution < 1.29 is 0 Å². The summed E-state index contributed by atoms with van der Waals surface area (Å²) in [7, 11) is 1.74. The second-order valence-electron chi connectivity index (χ2n) is 5.30. The van der Waals surface area contributed by atoms with Crippen LogP contribution in [0.25, 0.3) is 26.1 Å². The first-order valence-electron chi connectivity index (χ1n) is 7.09. The van der Waals surface area contributed by atoms with E-state index in [1.807, 2.05) is 0 Å². The first-order chi connectivity index (χ1) is 11.6. The molecule has 0 aliphatic heterocycles. The van der Waals surface area contributed by atoms with Gasteiger partial charge < -0.3 is 5.01 Å². The number of aromatic nitrogens is 3. The third-order valence-corrected chi connectivity index (χ3v) is 5.07. The summed E-state index contributed by atoms with van der Waals surface area (Å²) < 4.78 is 2.05. The molecular formula is C16H12ClN5OS. The minimum atomic E-state index is -0.143. The lowest BCUT2D eigenvalue weighted by Gasteiger charge is -2.12. The zero-order chi connectivity index (χ0) is 16.8. The van der Waals surface area contributed by atoms with Gasteiger partial charge in [0.15, 0.2) is 0 Å². The van der Waals surface area contributed by atoms with Gasteiger partial charge in [-0.3, -0.25) is 9.36 Å².